The lowest BCUT2D eigenvalue weighted by molar-refractivity contribution is 0.394. The van der Waals surface area contributed by atoms with E-state index in [4.69, 9.17) is 4.99 Å². The van der Waals surface area contributed by atoms with Crippen LogP contribution < -0.4 is 0 Å². The van der Waals surface area contributed by atoms with Gasteiger partial charge in [-0.3, -0.25) is 4.99 Å². The summed E-state index contributed by atoms with van der Waals surface area (Å²) in [4.78, 5) is 4.75. The standard InChI is InChI=1S/C13H25NS/c1-12(2,3)10-9-11(13(4,5)6)15-8-7-14-10/h11H,7-9H2,1-6H3. The Balaban J connectivity index is 2.80. The highest BCUT2D eigenvalue weighted by molar-refractivity contribution is 8.00. The van der Waals surface area contributed by atoms with Crippen LogP contribution in [0.3, 0.4) is 0 Å². The second-order valence-electron chi connectivity index (χ2n) is 6.51. The summed E-state index contributed by atoms with van der Waals surface area (Å²) in [6.45, 7) is 14.9. The molecule has 0 amide bonds. The van der Waals surface area contributed by atoms with Gasteiger partial charge in [0.1, 0.15) is 0 Å². The summed E-state index contributed by atoms with van der Waals surface area (Å²) in [7, 11) is 0. The second kappa shape index (κ2) is 4.48. The molecule has 1 aliphatic heterocycles. The van der Waals surface area contributed by atoms with Crippen LogP contribution in [0.15, 0.2) is 4.99 Å². The van der Waals surface area contributed by atoms with Crippen LogP contribution in [-0.4, -0.2) is 23.3 Å². The fourth-order valence-corrected chi connectivity index (χ4v) is 3.03. The lowest BCUT2D eigenvalue weighted by Gasteiger charge is -2.32. The third-order valence-electron chi connectivity index (χ3n) is 2.92. The van der Waals surface area contributed by atoms with Gasteiger partial charge in [0.15, 0.2) is 0 Å². The van der Waals surface area contributed by atoms with Gasteiger partial charge in [-0.1, -0.05) is 41.5 Å². The summed E-state index contributed by atoms with van der Waals surface area (Å²) in [5.74, 6) is 1.18. The van der Waals surface area contributed by atoms with Crippen LogP contribution in [0.5, 0.6) is 0 Å². The van der Waals surface area contributed by atoms with E-state index in [0.717, 1.165) is 18.2 Å². The van der Waals surface area contributed by atoms with E-state index in [1.165, 1.54) is 11.5 Å². The summed E-state index contributed by atoms with van der Waals surface area (Å²) < 4.78 is 0. The fraction of sp³-hybridized carbons (Fsp3) is 0.923. The second-order valence-corrected chi connectivity index (χ2v) is 7.82. The van der Waals surface area contributed by atoms with Crippen molar-refractivity contribution in [2.45, 2.75) is 53.2 Å². The Kier molecular flexibility index (Phi) is 3.91. The molecule has 88 valence electrons. The van der Waals surface area contributed by atoms with Gasteiger partial charge in [-0.2, -0.15) is 11.8 Å². The first kappa shape index (κ1) is 13.1. The Morgan fingerprint density at radius 2 is 1.73 bits per heavy atom. The van der Waals surface area contributed by atoms with Crippen LogP contribution >= 0.6 is 11.8 Å². The summed E-state index contributed by atoms with van der Waals surface area (Å²) in [5.41, 5.74) is 2.04. The van der Waals surface area contributed by atoms with Crippen LogP contribution in [0.1, 0.15) is 48.0 Å². The molecular weight excluding hydrogens is 202 g/mol. The summed E-state index contributed by atoms with van der Waals surface area (Å²) in [6.07, 6.45) is 1.16. The average molecular weight is 227 g/mol. The molecule has 0 bridgehead atoms. The average Bonchev–Trinajstić information content (AvgIpc) is 2.24. The van der Waals surface area contributed by atoms with E-state index in [1.807, 2.05) is 0 Å². The molecule has 0 saturated heterocycles. The third-order valence-corrected chi connectivity index (χ3v) is 4.62. The van der Waals surface area contributed by atoms with Crippen molar-refractivity contribution in [3.05, 3.63) is 0 Å². The Labute approximate surface area is 99.1 Å². The van der Waals surface area contributed by atoms with Crippen molar-refractivity contribution >= 4 is 17.5 Å². The molecule has 0 aromatic heterocycles. The molecule has 0 N–H and O–H groups in total. The van der Waals surface area contributed by atoms with Gasteiger partial charge < -0.3 is 0 Å². The minimum absolute atomic E-state index is 0.244. The van der Waals surface area contributed by atoms with Gasteiger partial charge >= 0.3 is 0 Å². The van der Waals surface area contributed by atoms with Crippen molar-refractivity contribution in [2.24, 2.45) is 15.8 Å². The van der Waals surface area contributed by atoms with Gasteiger partial charge in [0.25, 0.3) is 0 Å². The first-order chi connectivity index (χ1) is 6.71. The van der Waals surface area contributed by atoms with E-state index in [9.17, 15) is 0 Å². The van der Waals surface area contributed by atoms with Gasteiger partial charge in [-0.15, -0.1) is 0 Å². The minimum Gasteiger partial charge on any atom is -0.293 e. The SMILES string of the molecule is CC(C)(C)C1=NCCSC(C(C)(C)C)C1. The lowest BCUT2D eigenvalue weighted by atomic mass is 9.81. The lowest BCUT2D eigenvalue weighted by Crippen LogP contribution is -2.30. The number of rotatable bonds is 0. The number of nitrogens with zero attached hydrogens (tertiary/aromatic N) is 1. The molecule has 1 aliphatic rings. The van der Waals surface area contributed by atoms with Crippen LogP contribution in [0.4, 0.5) is 0 Å². The molecule has 1 unspecified atom stereocenters. The van der Waals surface area contributed by atoms with E-state index in [2.05, 4.69) is 53.3 Å². The molecule has 15 heavy (non-hydrogen) atoms. The highest BCUT2D eigenvalue weighted by Gasteiger charge is 2.31. The first-order valence-electron chi connectivity index (χ1n) is 5.86. The monoisotopic (exact) mass is 227 g/mol. The zero-order valence-corrected chi connectivity index (χ0v) is 11.9. The number of hydrogen-bond acceptors (Lipinski definition) is 2. The molecule has 0 spiro atoms. The predicted molar refractivity (Wildman–Crippen MR) is 72.1 cm³/mol. The number of thioether (sulfide) groups is 1. The van der Waals surface area contributed by atoms with Crippen molar-refractivity contribution in [1.29, 1.82) is 0 Å². The highest BCUT2D eigenvalue weighted by atomic mass is 32.2. The van der Waals surface area contributed by atoms with Crippen LogP contribution in [-0.2, 0) is 0 Å². The molecular formula is C13H25NS. The van der Waals surface area contributed by atoms with E-state index in [-0.39, 0.29) is 5.41 Å². The van der Waals surface area contributed by atoms with Gasteiger partial charge in [0, 0.05) is 23.3 Å². The zero-order valence-electron chi connectivity index (χ0n) is 11.1. The zero-order chi connectivity index (χ0) is 11.7. The van der Waals surface area contributed by atoms with E-state index in [1.54, 1.807) is 0 Å². The van der Waals surface area contributed by atoms with Crippen molar-refractivity contribution in [3.8, 4) is 0 Å². The van der Waals surface area contributed by atoms with Crippen molar-refractivity contribution in [2.75, 3.05) is 12.3 Å². The van der Waals surface area contributed by atoms with Gasteiger partial charge in [0.2, 0.25) is 0 Å². The number of aliphatic imine (C=N–C) groups is 1. The summed E-state index contributed by atoms with van der Waals surface area (Å²) in [5, 5.41) is 0.720. The van der Waals surface area contributed by atoms with Gasteiger partial charge in [0.05, 0.1) is 0 Å². The normalized spacial score (nSPS) is 24.7. The van der Waals surface area contributed by atoms with E-state index < -0.39 is 0 Å². The molecule has 1 atom stereocenters. The molecule has 1 nitrogen and oxygen atoms in total. The van der Waals surface area contributed by atoms with Gasteiger partial charge in [-0.05, 0) is 17.3 Å². The molecule has 0 aliphatic carbocycles. The summed E-state index contributed by atoms with van der Waals surface area (Å²) in [6, 6.07) is 0. The quantitative estimate of drug-likeness (QED) is 0.609. The Morgan fingerprint density at radius 3 is 2.20 bits per heavy atom. The molecule has 2 heteroatoms. The predicted octanol–water partition coefficient (Wildman–Crippen LogP) is 4.03. The fourth-order valence-electron chi connectivity index (χ4n) is 1.77. The molecule has 0 radical (unpaired) electrons. The Morgan fingerprint density at radius 1 is 1.13 bits per heavy atom. The highest BCUT2D eigenvalue weighted by Crippen LogP contribution is 2.37. The van der Waals surface area contributed by atoms with Crippen LogP contribution in [0.2, 0.25) is 0 Å². The van der Waals surface area contributed by atoms with Gasteiger partial charge in [-0.25, -0.2) is 0 Å². The topological polar surface area (TPSA) is 12.4 Å². The largest absolute Gasteiger partial charge is 0.293 e. The van der Waals surface area contributed by atoms with Crippen LogP contribution in [0.25, 0.3) is 0 Å². The first-order valence-corrected chi connectivity index (χ1v) is 6.91. The molecule has 1 rings (SSSR count). The Hall–Kier alpha value is 0.0200. The minimum atomic E-state index is 0.244. The van der Waals surface area contributed by atoms with Crippen molar-refractivity contribution < 1.29 is 0 Å². The molecule has 0 aromatic carbocycles. The molecule has 0 fully saturated rings. The van der Waals surface area contributed by atoms with E-state index in [0.29, 0.717) is 5.41 Å². The summed E-state index contributed by atoms with van der Waals surface area (Å²) >= 11 is 2.10. The molecule has 0 aromatic rings. The molecule has 1 heterocycles. The number of hydrogen-bond donors (Lipinski definition) is 0. The van der Waals surface area contributed by atoms with E-state index >= 15 is 0 Å². The maximum Gasteiger partial charge on any atom is 0.0479 e. The smallest absolute Gasteiger partial charge is 0.0479 e. The third kappa shape index (κ3) is 3.82. The maximum atomic E-state index is 4.75. The van der Waals surface area contributed by atoms with Crippen molar-refractivity contribution in [3.63, 3.8) is 0 Å². The molecule has 0 saturated carbocycles. The van der Waals surface area contributed by atoms with Crippen molar-refractivity contribution in [1.82, 2.24) is 0 Å². The van der Waals surface area contributed by atoms with Crippen LogP contribution in [0, 0.1) is 10.8 Å². The Bertz CT molecular complexity index is 242. The maximum absolute atomic E-state index is 4.75.